The third-order valence-electron chi connectivity index (χ3n) is 4.16. The Labute approximate surface area is 180 Å². The van der Waals surface area contributed by atoms with Crippen molar-refractivity contribution in [2.24, 2.45) is 0 Å². The molecule has 0 heterocycles. The highest BCUT2D eigenvalue weighted by Crippen LogP contribution is 2.21. The van der Waals surface area contributed by atoms with Gasteiger partial charge < -0.3 is 24.8 Å². The minimum absolute atomic E-state index is 0.0463. The molecule has 0 atom stereocenters. The molecule has 3 aromatic rings. The average Bonchev–Trinajstić information content (AvgIpc) is 2.78. The largest absolute Gasteiger partial charge is 0.490 e. The van der Waals surface area contributed by atoms with Gasteiger partial charge in [0.05, 0.1) is 5.56 Å². The highest BCUT2D eigenvalue weighted by Gasteiger charge is 2.13. The van der Waals surface area contributed by atoms with E-state index in [2.05, 4.69) is 10.6 Å². The van der Waals surface area contributed by atoms with Crippen molar-refractivity contribution in [2.75, 3.05) is 37.6 Å². The van der Waals surface area contributed by atoms with Crippen molar-refractivity contribution in [2.45, 2.75) is 0 Å². The van der Waals surface area contributed by atoms with Crippen LogP contribution < -0.4 is 20.1 Å². The van der Waals surface area contributed by atoms with Crippen LogP contribution in [-0.2, 0) is 9.53 Å². The van der Waals surface area contributed by atoms with Gasteiger partial charge in [-0.15, -0.1) is 0 Å². The molecule has 0 aromatic heterocycles. The lowest BCUT2D eigenvalue weighted by atomic mass is 10.1. The fourth-order valence-electron chi connectivity index (χ4n) is 2.81. The van der Waals surface area contributed by atoms with Crippen LogP contribution in [-0.4, -0.2) is 38.7 Å². The number of anilines is 2. The zero-order valence-corrected chi connectivity index (χ0v) is 17.2. The fourth-order valence-corrected chi connectivity index (χ4v) is 2.81. The zero-order chi connectivity index (χ0) is 21.9. The third kappa shape index (κ3) is 6.87. The van der Waals surface area contributed by atoms with Crippen molar-refractivity contribution in [3.05, 3.63) is 84.4 Å². The number of hydrogen-bond donors (Lipinski definition) is 2. The standard InChI is InChI=1S/C24H24N2O5/c1-29-17-23(27)25-18-8-7-9-19(16-18)26-24(28)21-12-5-6-13-22(21)31-15-14-30-20-10-3-2-4-11-20/h2-13,16H,14-15,17H2,1H3,(H,25,27)(H,26,28). The molecule has 0 fully saturated rings. The molecule has 2 N–H and O–H groups in total. The van der Waals surface area contributed by atoms with Crippen molar-refractivity contribution in [1.82, 2.24) is 0 Å². The van der Waals surface area contributed by atoms with Gasteiger partial charge in [-0.25, -0.2) is 0 Å². The van der Waals surface area contributed by atoms with E-state index < -0.39 is 0 Å². The smallest absolute Gasteiger partial charge is 0.259 e. The molecule has 0 saturated heterocycles. The molecule has 0 aliphatic carbocycles. The van der Waals surface area contributed by atoms with E-state index in [0.29, 0.717) is 35.9 Å². The normalized spacial score (nSPS) is 10.2. The van der Waals surface area contributed by atoms with Crippen molar-refractivity contribution in [3.63, 3.8) is 0 Å². The molecule has 31 heavy (non-hydrogen) atoms. The number of methoxy groups -OCH3 is 1. The van der Waals surface area contributed by atoms with Gasteiger partial charge in [-0.3, -0.25) is 9.59 Å². The van der Waals surface area contributed by atoms with Crippen molar-refractivity contribution >= 4 is 23.2 Å². The summed E-state index contributed by atoms with van der Waals surface area (Å²) in [7, 11) is 1.45. The monoisotopic (exact) mass is 420 g/mol. The third-order valence-corrected chi connectivity index (χ3v) is 4.16. The number of para-hydroxylation sites is 2. The topological polar surface area (TPSA) is 85.9 Å². The Balaban J connectivity index is 1.59. The van der Waals surface area contributed by atoms with Gasteiger partial charge in [-0.1, -0.05) is 36.4 Å². The van der Waals surface area contributed by atoms with Crippen LogP contribution in [0.2, 0.25) is 0 Å². The van der Waals surface area contributed by atoms with E-state index in [9.17, 15) is 9.59 Å². The molecule has 0 spiro atoms. The zero-order valence-electron chi connectivity index (χ0n) is 17.2. The molecule has 160 valence electrons. The Hall–Kier alpha value is -3.84. The van der Waals surface area contributed by atoms with Crippen LogP contribution in [0.1, 0.15) is 10.4 Å². The number of benzene rings is 3. The van der Waals surface area contributed by atoms with Crippen LogP contribution in [0.5, 0.6) is 11.5 Å². The second kappa shape index (κ2) is 11.4. The van der Waals surface area contributed by atoms with E-state index in [0.717, 1.165) is 5.75 Å². The van der Waals surface area contributed by atoms with Crippen LogP contribution in [0.15, 0.2) is 78.9 Å². The molecule has 0 radical (unpaired) electrons. The maximum atomic E-state index is 12.8. The summed E-state index contributed by atoms with van der Waals surface area (Å²) >= 11 is 0. The first-order valence-corrected chi connectivity index (χ1v) is 9.75. The van der Waals surface area contributed by atoms with Crippen LogP contribution in [0.25, 0.3) is 0 Å². The van der Waals surface area contributed by atoms with Gasteiger partial charge in [-0.2, -0.15) is 0 Å². The lowest BCUT2D eigenvalue weighted by Gasteiger charge is -2.13. The lowest BCUT2D eigenvalue weighted by Crippen LogP contribution is -2.18. The van der Waals surface area contributed by atoms with Crippen molar-refractivity contribution < 1.29 is 23.8 Å². The van der Waals surface area contributed by atoms with E-state index in [4.69, 9.17) is 14.2 Å². The van der Waals surface area contributed by atoms with E-state index in [1.54, 1.807) is 48.5 Å². The Morgan fingerprint density at radius 2 is 1.45 bits per heavy atom. The van der Waals surface area contributed by atoms with Gasteiger partial charge in [-0.05, 0) is 42.5 Å². The molecule has 0 aliphatic rings. The van der Waals surface area contributed by atoms with Crippen LogP contribution in [0.4, 0.5) is 11.4 Å². The molecular weight excluding hydrogens is 396 g/mol. The summed E-state index contributed by atoms with van der Waals surface area (Å²) in [6, 6.07) is 23.3. The number of carbonyl (C=O) groups excluding carboxylic acids is 2. The van der Waals surface area contributed by atoms with Crippen LogP contribution in [0, 0.1) is 0 Å². The van der Waals surface area contributed by atoms with E-state index in [-0.39, 0.29) is 18.4 Å². The number of hydrogen-bond acceptors (Lipinski definition) is 5. The van der Waals surface area contributed by atoms with Gasteiger partial charge in [0.1, 0.15) is 31.3 Å². The molecule has 3 aromatic carbocycles. The van der Waals surface area contributed by atoms with Crippen LogP contribution in [0.3, 0.4) is 0 Å². The van der Waals surface area contributed by atoms with Crippen molar-refractivity contribution in [3.8, 4) is 11.5 Å². The van der Waals surface area contributed by atoms with Crippen LogP contribution >= 0.6 is 0 Å². The Kier molecular flexibility index (Phi) is 8.02. The van der Waals surface area contributed by atoms with Gasteiger partial charge in [0.25, 0.3) is 5.91 Å². The fraction of sp³-hybridized carbons (Fsp3) is 0.167. The number of amides is 2. The first-order chi connectivity index (χ1) is 15.2. The highest BCUT2D eigenvalue weighted by molar-refractivity contribution is 6.06. The molecule has 3 rings (SSSR count). The quantitative estimate of drug-likeness (QED) is 0.485. The second-order valence-corrected chi connectivity index (χ2v) is 6.52. The molecule has 2 amide bonds. The SMILES string of the molecule is COCC(=O)Nc1cccc(NC(=O)c2ccccc2OCCOc2ccccc2)c1. The van der Waals surface area contributed by atoms with Crippen molar-refractivity contribution in [1.29, 1.82) is 0 Å². The Bertz CT molecular complexity index is 1010. The lowest BCUT2D eigenvalue weighted by molar-refractivity contribution is -0.119. The molecule has 7 nitrogen and oxygen atoms in total. The second-order valence-electron chi connectivity index (χ2n) is 6.52. The summed E-state index contributed by atoms with van der Waals surface area (Å²) in [6.45, 7) is 0.596. The summed E-state index contributed by atoms with van der Waals surface area (Å²) in [5, 5.41) is 5.53. The predicted octanol–water partition coefficient (Wildman–Crippen LogP) is 3.98. The molecular formula is C24H24N2O5. The first kappa shape index (κ1) is 21.9. The minimum atomic E-state index is -0.319. The van der Waals surface area contributed by atoms with Gasteiger partial charge in [0.15, 0.2) is 0 Å². The molecule has 0 saturated carbocycles. The minimum Gasteiger partial charge on any atom is -0.490 e. The summed E-state index contributed by atoms with van der Waals surface area (Å²) in [5.74, 6) is 0.623. The summed E-state index contributed by atoms with van der Waals surface area (Å²) in [6.07, 6.45) is 0. The maximum absolute atomic E-state index is 12.8. The highest BCUT2D eigenvalue weighted by atomic mass is 16.5. The Morgan fingerprint density at radius 1 is 0.774 bits per heavy atom. The first-order valence-electron chi connectivity index (χ1n) is 9.75. The number of nitrogens with one attached hydrogen (secondary N) is 2. The maximum Gasteiger partial charge on any atom is 0.259 e. The summed E-state index contributed by atoms with van der Waals surface area (Å²) in [4.78, 5) is 24.5. The van der Waals surface area contributed by atoms with Gasteiger partial charge >= 0.3 is 0 Å². The number of ether oxygens (including phenoxy) is 3. The Morgan fingerprint density at radius 3 is 2.23 bits per heavy atom. The van der Waals surface area contributed by atoms with Gasteiger partial charge in [0.2, 0.25) is 5.91 Å². The number of rotatable bonds is 10. The molecule has 7 heteroatoms. The summed E-state index contributed by atoms with van der Waals surface area (Å²) < 4.78 is 16.2. The van der Waals surface area contributed by atoms with E-state index >= 15 is 0 Å². The summed E-state index contributed by atoms with van der Waals surface area (Å²) in [5.41, 5.74) is 1.50. The molecule has 0 aliphatic heterocycles. The van der Waals surface area contributed by atoms with E-state index in [1.807, 2.05) is 30.3 Å². The molecule has 0 bridgehead atoms. The average molecular weight is 420 g/mol. The molecule has 0 unspecified atom stereocenters. The van der Waals surface area contributed by atoms with Gasteiger partial charge in [0, 0.05) is 18.5 Å². The number of carbonyl (C=O) groups is 2. The van der Waals surface area contributed by atoms with E-state index in [1.165, 1.54) is 7.11 Å². The predicted molar refractivity (Wildman–Crippen MR) is 119 cm³/mol.